The van der Waals surface area contributed by atoms with Crippen LogP contribution in [0.25, 0.3) is 0 Å². The summed E-state index contributed by atoms with van der Waals surface area (Å²) in [7, 11) is 0. The second kappa shape index (κ2) is 66.6. The molecule has 6 nitrogen and oxygen atoms in total. The number of hydrogen-bond acceptors (Lipinski definition) is 6. The van der Waals surface area contributed by atoms with Gasteiger partial charge in [-0.25, -0.2) is 0 Å². The number of hydrogen-bond donors (Lipinski definition) is 0. The highest BCUT2D eigenvalue weighted by Crippen LogP contribution is 2.17. The lowest BCUT2D eigenvalue weighted by Crippen LogP contribution is -2.30. The second-order valence-electron chi connectivity index (χ2n) is 22.0. The molecule has 0 radical (unpaired) electrons. The van der Waals surface area contributed by atoms with E-state index in [9.17, 15) is 14.4 Å². The molecule has 79 heavy (non-hydrogen) atoms. The first-order chi connectivity index (χ1) is 39.0. The van der Waals surface area contributed by atoms with Gasteiger partial charge in [0.05, 0.1) is 0 Å². The number of esters is 3. The van der Waals surface area contributed by atoms with E-state index >= 15 is 0 Å². The van der Waals surface area contributed by atoms with Gasteiger partial charge in [0.1, 0.15) is 13.2 Å². The maximum atomic E-state index is 12.9. The number of carbonyl (C=O) groups excluding carboxylic acids is 3. The van der Waals surface area contributed by atoms with E-state index in [0.717, 1.165) is 135 Å². The van der Waals surface area contributed by atoms with Gasteiger partial charge in [0.25, 0.3) is 0 Å². The highest BCUT2D eigenvalue weighted by Gasteiger charge is 2.19. The summed E-state index contributed by atoms with van der Waals surface area (Å²) in [6.45, 7) is 6.42. The predicted molar refractivity (Wildman–Crippen MR) is 343 cm³/mol. The first-order valence-electron chi connectivity index (χ1n) is 33.4. The van der Waals surface area contributed by atoms with Gasteiger partial charge in [-0.2, -0.15) is 0 Å². The van der Waals surface area contributed by atoms with Gasteiger partial charge in [-0.05, 0) is 103 Å². The molecule has 0 aliphatic rings. The number of allylic oxidation sites excluding steroid dienone is 18. The van der Waals surface area contributed by atoms with Crippen LogP contribution in [-0.2, 0) is 28.6 Å². The minimum Gasteiger partial charge on any atom is -0.462 e. The largest absolute Gasteiger partial charge is 0.462 e. The van der Waals surface area contributed by atoms with Crippen LogP contribution < -0.4 is 0 Å². The van der Waals surface area contributed by atoms with Gasteiger partial charge in [-0.15, -0.1) is 0 Å². The number of rotatable bonds is 60. The van der Waals surface area contributed by atoms with E-state index in [1.165, 1.54) is 141 Å². The summed E-state index contributed by atoms with van der Waals surface area (Å²) in [6, 6.07) is 0. The molecule has 0 fully saturated rings. The molecule has 1 atom stereocenters. The number of ether oxygens (including phenoxy) is 3. The lowest BCUT2D eigenvalue weighted by Gasteiger charge is -2.18. The quantitative estimate of drug-likeness (QED) is 0.0261. The van der Waals surface area contributed by atoms with E-state index in [2.05, 4.69) is 130 Å². The van der Waals surface area contributed by atoms with E-state index in [-0.39, 0.29) is 31.1 Å². The van der Waals surface area contributed by atoms with Crippen molar-refractivity contribution < 1.29 is 28.6 Å². The average molecular weight is 1100 g/mol. The molecule has 0 saturated carbocycles. The summed E-state index contributed by atoms with van der Waals surface area (Å²) >= 11 is 0. The van der Waals surface area contributed by atoms with Gasteiger partial charge in [-0.1, -0.05) is 304 Å². The zero-order valence-corrected chi connectivity index (χ0v) is 51.9. The maximum absolute atomic E-state index is 12.9. The monoisotopic (exact) mass is 1100 g/mol. The van der Waals surface area contributed by atoms with Crippen LogP contribution in [-0.4, -0.2) is 37.2 Å². The van der Waals surface area contributed by atoms with Gasteiger partial charge >= 0.3 is 17.9 Å². The zero-order chi connectivity index (χ0) is 57.1. The van der Waals surface area contributed by atoms with E-state index in [4.69, 9.17) is 14.2 Å². The van der Waals surface area contributed by atoms with Crippen LogP contribution >= 0.6 is 0 Å². The molecular formula is C73H124O6. The summed E-state index contributed by atoms with van der Waals surface area (Å²) in [5, 5.41) is 0. The van der Waals surface area contributed by atoms with Crippen molar-refractivity contribution in [3.05, 3.63) is 109 Å². The van der Waals surface area contributed by atoms with Crippen LogP contribution in [0.15, 0.2) is 109 Å². The molecular weight excluding hydrogens is 973 g/mol. The third-order valence-electron chi connectivity index (χ3n) is 14.3. The summed E-state index contributed by atoms with van der Waals surface area (Å²) in [6.07, 6.45) is 91.0. The molecule has 6 heteroatoms. The fourth-order valence-electron chi connectivity index (χ4n) is 9.35. The molecule has 0 aliphatic carbocycles. The van der Waals surface area contributed by atoms with Crippen molar-refractivity contribution in [2.75, 3.05) is 13.2 Å². The molecule has 0 N–H and O–H groups in total. The van der Waals surface area contributed by atoms with Crippen molar-refractivity contribution in [1.82, 2.24) is 0 Å². The Morgan fingerprint density at radius 3 is 0.772 bits per heavy atom. The van der Waals surface area contributed by atoms with Crippen LogP contribution in [0.4, 0.5) is 0 Å². The summed E-state index contributed by atoms with van der Waals surface area (Å²) in [4.78, 5) is 38.4. The molecule has 1 unspecified atom stereocenters. The van der Waals surface area contributed by atoms with Crippen molar-refractivity contribution in [1.29, 1.82) is 0 Å². The lowest BCUT2D eigenvalue weighted by atomic mass is 10.0. The van der Waals surface area contributed by atoms with E-state index in [0.29, 0.717) is 19.3 Å². The van der Waals surface area contributed by atoms with Crippen LogP contribution in [0.2, 0.25) is 0 Å². The summed E-state index contributed by atoms with van der Waals surface area (Å²) in [5.74, 6) is -0.912. The molecule has 0 aromatic heterocycles. The molecule has 0 bridgehead atoms. The first-order valence-corrected chi connectivity index (χ1v) is 33.4. The Morgan fingerprint density at radius 2 is 0.494 bits per heavy atom. The topological polar surface area (TPSA) is 78.9 Å². The van der Waals surface area contributed by atoms with Gasteiger partial charge in [0, 0.05) is 19.3 Å². The highest BCUT2D eigenvalue weighted by molar-refractivity contribution is 5.71. The summed E-state index contributed by atoms with van der Waals surface area (Å²) < 4.78 is 16.9. The second-order valence-corrected chi connectivity index (χ2v) is 22.0. The molecule has 0 rings (SSSR count). The van der Waals surface area contributed by atoms with Gasteiger partial charge < -0.3 is 14.2 Å². The highest BCUT2D eigenvalue weighted by atomic mass is 16.6. The minimum absolute atomic E-state index is 0.0905. The van der Waals surface area contributed by atoms with E-state index < -0.39 is 6.10 Å². The Bertz CT molecular complexity index is 1590. The van der Waals surface area contributed by atoms with Crippen molar-refractivity contribution in [3.63, 3.8) is 0 Å². The zero-order valence-electron chi connectivity index (χ0n) is 51.9. The minimum atomic E-state index is -0.795. The normalized spacial score (nSPS) is 12.8. The Morgan fingerprint density at radius 1 is 0.266 bits per heavy atom. The molecule has 0 heterocycles. The lowest BCUT2D eigenvalue weighted by molar-refractivity contribution is -0.167. The molecule has 0 aromatic rings. The molecule has 452 valence electrons. The fourth-order valence-corrected chi connectivity index (χ4v) is 9.35. The molecule has 0 amide bonds. The van der Waals surface area contributed by atoms with Gasteiger partial charge in [0.15, 0.2) is 6.10 Å². The molecule has 0 aliphatic heterocycles. The number of unbranched alkanes of at least 4 members (excludes halogenated alkanes) is 31. The van der Waals surface area contributed by atoms with Crippen molar-refractivity contribution in [2.24, 2.45) is 0 Å². The first kappa shape index (κ1) is 75.1. The smallest absolute Gasteiger partial charge is 0.306 e. The Kier molecular flexibility index (Phi) is 63.3. The Hall–Kier alpha value is -3.93. The van der Waals surface area contributed by atoms with Crippen molar-refractivity contribution >= 4 is 17.9 Å². The standard InChI is InChI=1S/C73H124O6/c1-4-7-10-13-16-19-22-25-28-31-33-35-36-38-39-42-45-48-51-54-57-60-63-66-72(75)78-69-70(68-77-71(74)65-62-59-56-53-50-47-44-41-30-27-24-21-18-15-12-9-6-3)79-73(76)67-64-61-58-55-52-49-46-43-40-37-34-32-29-26-23-20-17-14-11-8-5-2/h7,9-10,12,16,18-19,21,25,27-28,30,33,35,38-39,45,48,70H,4-6,8,11,13-15,17,20,22-24,26,29,31-32,34,36-37,40-44,46-47,49-69H2,1-3H3/b10-7-,12-9-,19-16-,21-18-,28-25-,30-27-,35-33-,39-38-,48-45-. The van der Waals surface area contributed by atoms with Gasteiger partial charge in [0.2, 0.25) is 0 Å². The van der Waals surface area contributed by atoms with Crippen LogP contribution in [0.5, 0.6) is 0 Å². The van der Waals surface area contributed by atoms with Crippen molar-refractivity contribution in [3.8, 4) is 0 Å². The fraction of sp³-hybridized carbons (Fsp3) is 0.712. The summed E-state index contributed by atoms with van der Waals surface area (Å²) in [5.41, 5.74) is 0. The predicted octanol–water partition coefficient (Wildman–Crippen LogP) is 23.0. The van der Waals surface area contributed by atoms with Crippen molar-refractivity contribution in [2.45, 2.75) is 322 Å². The SMILES string of the molecule is CC/C=C\C/C=C\C/C=C\C/C=C\C/C=C\C/C=C\CCCCCCC(=O)OCC(COC(=O)CCCCCCCCC/C=C\C/C=C\C/C=C\CC)OC(=O)CCCCCCCCCCCCCCCCCCCCCCC. The van der Waals surface area contributed by atoms with E-state index in [1.807, 2.05) is 0 Å². The third kappa shape index (κ3) is 64.8. The van der Waals surface area contributed by atoms with Crippen LogP contribution in [0.3, 0.4) is 0 Å². The molecule has 0 aromatic carbocycles. The van der Waals surface area contributed by atoms with E-state index in [1.54, 1.807) is 0 Å². The Balaban J connectivity index is 4.43. The molecule has 0 saturated heterocycles. The molecule has 0 spiro atoms. The Labute approximate surface area is 489 Å². The average Bonchev–Trinajstić information content (AvgIpc) is 3.45. The van der Waals surface area contributed by atoms with Crippen LogP contribution in [0, 0.1) is 0 Å². The third-order valence-corrected chi connectivity index (χ3v) is 14.3. The van der Waals surface area contributed by atoms with Gasteiger partial charge in [-0.3, -0.25) is 14.4 Å². The number of carbonyl (C=O) groups is 3. The maximum Gasteiger partial charge on any atom is 0.306 e. The van der Waals surface area contributed by atoms with Crippen LogP contribution in [0.1, 0.15) is 316 Å².